The number of carbonyl (C=O) groups excluding carboxylic acids is 2. The quantitative estimate of drug-likeness (QED) is 0.863. The first-order valence-corrected chi connectivity index (χ1v) is 8.31. The number of likely N-dealkylation sites (tertiary alicyclic amines) is 1. The average Bonchev–Trinajstić information content (AvgIpc) is 2.95. The molecule has 2 amide bonds. The second-order valence-electron chi connectivity index (χ2n) is 7.77. The minimum Gasteiger partial charge on any atom is -0.378 e. The van der Waals surface area contributed by atoms with Crippen LogP contribution in [0.4, 0.5) is 0 Å². The predicted octanol–water partition coefficient (Wildman–Crippen LogP) is 1.04. The molecule has 7 nitrogen and oxygen atoms in total. The molecule has 7 heteroatoms. The van der Waals surface area contributed by atoms with Gasteiger partial charge in [0.1, 0.15) is 0 Å². The number of nitrogens with one attached hydrogen (secondary N) is 1. The largest absolute Gasteiger partial charge is 0.378 e. The molecule has 0 saturated carbocycles. The molecule has 0 bridgehead atoms. The Kier molecular flexibility index (Phi) is 5.03. The zero-order chi connectivity index (χ0) is 18.1. The van der Waals surface area contributed by atoms with Crippen molar-refractivity contribution in [3.63, 3.8) is 0 Å². The van der Waals surface area contributed by atoms with Gasteiger partial charge in [0, 0.05) is 25.9 Å². The standard InChI is InChI=1S/C17H28N4O3/c1-12(22)21-8-6-7-17(24,11-21)15(23)20(5)10-13-9-14(19-18-13)16(2,3)4/h9,24H,6-8,10-11H2,1-5H3,(H,18,19). The molecule has 24 heavy (non-hydrogen) atoms. The highest BCUT2D eigenvalue weighted by Crippen LogP contribution is 2.25. The van der Waals surface area contributed by atoms with Crippen LogP contribution in [-0.4, -0.2) is 62.7 Å². The van der Waals surface area contributed by atoms with Crippen LogP contribution in [-0.2, 0) is 21.5 Å². The maximum Gasteiger partial charge on any atom is 0.256 e. The first kappa shape index (κ1) is 18.4. The molecule has 0 spiro atoms. The Morgan fingerprint density at radius 3 is 2.67 bits per heavy atom. The Labute approximate surface area is 143 Å². The molecule has 2 N–H and O–H groups in total. The lowest BCUT2D eigenvalue weighted by atomic mass is 9.91. The number of β-amino-alcohol motifs (C(OH)–C–C–N with tert-alkyl or cyclic N) is 1. The Morgan fingerprint density at radius 2 is 2.12 bits per heavy atom. The molecule has 1 aromatic rings. The van der Waals surface area contributed by atoms with Gasteiger partial charge < -0.3 is 14.9 Å². The first-order valence-electron chi connectivity index (χ1n) is 8.31. The van der Waals surface area contributed by atoms with Gasteiger partial charge in [-0.2, -0.15) is 5.10 Å². The van der Waals surface area contributed by atoms with Gasteiger partial charge in [-0.1, -0.05) is 20.8 Å². The normalized spacial score (nSPS) is 21.7. The second kappa shape index (κ2) is 6.55. The Morgan fingerprint density at radius 1 is 1.46 bits per heavy atom. The van der Waals surface area contributed by atoms with Gasteiger partial charge in [-0.05, 0) is 18.9 Å². The molecule has 1 aliphatic rings. The van der Waals surface area contributed by atoms with Gasteiger partial charge in [0.25, 0.3) is 5.91 Å². The molecule has 134 valence electrons. The summed E-state index contributed by atoms with van der Waals surface area (Å²) < 4.78 is 0. The SMILES string of the molecule is CC(=O)N1CCCC(O)(C(=O)N(C)Cc2cc(C(C)(C)C)n[nH]2)C1. The van der Waals surface area contributed by atoms with Crippen molar-refractivity contribution in [1.29, 1.82) is 0 Å². The average molecular weight is 336 g/mol. The van der Waals surface area contributed by atoms with Crippen LogP contribution in [0.25, 0.3) is 0 Å². The molecule has 1 atom stereocenters. The van der Waals surface area contributed by atoms with Crippen molar-refractivity contribution in [2.24, 2.45) is 0 Å². The van der Waals surface area contributed by atoms with Crippen molar-refractivity contribution in [3.8, 4) is 0 Å². The summed E-state index contributed by atoms with van der Waals surface area (Å²) in [5.41, 5.74) is 0.169. The summed E-state index contributed by atoms with van der Waals surface area (Å²) in [4.78, 5) is 27.3. The molecule has 1 unspecified atom stereocenters. The number of likely N-dealkylation sites (N-methyl/N-ethyl adjacent to an activating group) is 1. The van der Waals surface area contributed by atoms with E-state index in [2.05, 4.69) is 31.0 Å². The lowest BCUT2D eigenvalue weighted by molar-refractivity contribution is -0.159. The molecule has 0 aliphatic carbocycles. The van der Waals surface area contributed by atoms with Gasteiger partial charge in [-0.25, -0.2) is 0 Å². The van der Waals surface area contributed by atoms with Crippen LogP contribution in [0.2, 0.25) is 0 Å². The number of aromatic nitrogens is 2. The zero-order valence-electron chi connectivity index (χ0n) is 15.2. The van der Waals surface area contributed by atoms with E-state index in [1.807, 2.05) is 6.07 Å². The van der Waals surface area contributed by atoms with E-state index in [1.165, 1.54) is 16.7 Å². The topological polar surface area (TPSA) is 89.5 Å². The third-order valence-corrected chi connectivity index (χ3v) is 4.47. The van der Waals surface area contributed by atoms with E-state index < -0.39 is 5.60 Å². The number of aromatic amines is 1. The van der Waals surface area contributed by atoms with Crippen LogP contribution in [0.1, 0.15) is 51.9 Å². The number of carbonyl (C=O) groups is 2. The lowest BCUT2D eigenvalue weighted by Gasteiger charge is -2.39. The van der Waals surface area contributed by atoms with Crippen LogP contribution in [0, 0.1) is 0 Å². The monoisotopic (exact) mass is 336 g/mol. The van der Waals surface area contributed by atoms with Gasteiger partial charge in [0.05, 0.1) is 24.5 Å². The Balaban J connectivity index is 2.06. The third-order valence-electron chi connectivity index (χ3n) is 4.47. The molecule has 2 heterocycles. The number of hydrogen-bond donors (Lipinski definition) is 2. The minimum absolute atomic E-state index is 0.0573. The molecule has 2 rings (SSSR count). The molecular formula is C17H28N4O3. The highest BCUT2D eigenvalue weighted by Gasteiger charge is 2.42. The fraction of sp³-hybridized carbons (Fsp3) is 0.706. The van der Waals surface area contributed by atoms with E-state index in [-0.39, 0.29) is 23.8 Å². The van der Waals surface area contributed by atoms with Crippen LogP contribution >= 0.6 is 0 Å². The number of piperidine rings is 1. The molecular weight excluding hydrogens is 308 g/mol. The number of H-pyrrole nitrogens is 1. The van der Waals surface area contributed by atoms with Crippen molar-refractivity contribution in [1.82, 2.24) is 20.0 Å². The Bertz CT molecular complexity index is 620. The van der Waals surface area contributed by atoms with E-state index in [4.69, 9.17) is 0 Å². The summed E-state index contributed by atoms with van der Waals surface area (Å²) in [5, 5.41) is 18.0. The molecule has 1 aromatic heterocycles. The van der Waals surface area contributed by atoms with Crippen LogP contribution in [0.15, 0.2) is 6.07 Å². The second-order valence-corrected chi connectivity index (χ2v) is 7.77. The van der Waals surface area contributed by atoms with E-state index in [0.717, 1.165) is 11.4 Å². The molecule has 1 fully saturated rings. The molecule has 0 aromatic carbocycles. The van der Waals surface area contributed by atoms with Crippen LogP contribution in [0.5, 0.6) is 0 Å². The van der Waals surface area contributed by atoms with Gasteiger partial charge in [0.2, 0.25) is 5.91 Å². The van der Waals surface area contributed by atoms with Crippen molar-refractivity contribution < 1.29 is 14.7 Å². The maximum atomic E-state index is 12.7. The summed E-state index contributed by atoms with van der Waals surface area (Å²) in [6.07, 6.45) is 0.990. The maximum absolute atomic E-state index is 12.7. The number of amides is 2. The van der Waals surface area contributed by atoms with Crippen LogP contribution in [0.3, 0.4) is 0 Å². The third kappa shape index (κ3) is 3.95. The smallest absolute Gasteiger partial charge is 0.256 e. The minimum atomic E-state index is -1.51. The van der Waals surface area contributed by atoms with Gasteiger partial charge in [0.15, 0.2) is 5.60 Å². The molecule has 1 aliphatic heterocycles. The van der Waals surface area contributed by atoms with E-state index in [9.17, 15) is 14.7 Å². The van der Waals surface area contributed by atoms with Gasteiger partial charge >= 0.3 is 0 Å². The number of aliphatic hydroxyl groups is 1. The van der Waals surface area contributed by atoms with E-state index >= 15 is 0 Å². The van der Waals surface area contributed by atoms with Crippen molar-refractivity contribution in [2.75, 3.05) is 20.1 Å². The van der Waals surface area contributed by atoms with Crippen molar-refractivity contribution in [3.05, 3.63) is 17.5 Å². The Hall–Kier alpha value is -1.89. The van der Waals surface area contributed by atoms with Crippen LogP contribution < -0.4 is 0 Å². The predicted molar refractivity (Wildman–Crippen MR) is 90.2 cm³/mol. The number of nitrogens with zero attached hydrogens (tertiary/aromatic N) is 3. The molecule has 0 radical (unpaired) electrons. The van der Waals surface area contributed by atoms with Gasteiger partial charge in [-0.15, -0.1) is 0 Å². The molecule has 1 saturated heterocycles. The highest BCUT2D eigenvalue weighted by molar-refractivity contribution is 5.86. The lowest BCUT2D eigenvalue weighted by Crippen LogP contribution is -2.58. The first-order chi connectivity index (χ1) is 11.0. The number of rotatable bonds is 3. The van der Waals surface area contributed by atoms with E-state index in [1.54, 1.807) is 7.05 Å². The number of hydrogen-bond acceptors (Lipinski definition) is 4. The highest BCUT2D eigenvalue weighted by atomic mass is 16.3. The fourth-order valence-corrected chi connectivity index (χ4v) is 2.99. The summed E-state index contributed by atoms with van der Waals surface area (Å²) in [5.74, 6) is -0.479. The van der Waals surface area contributed by atoms with Crippen molar-refractivity contribution >= 4 is 11.8 Å². The van der Waals surface area contributed by atoms with E-state index in [0.29, 0.717) is 25.9 Å². The summed E-state index contributed by atoms with van der Waals surface area (Å²) in [6, 6.07) is 1.94. The summed E-state index contributed by atoms with van der Waals surface area (Å²) in [6.45, 7) is 8.66. The summed E-state index contributed by atoms with van der Waals surface area (Å²) in [7, 11) is 1.66. The van der Waals surface area contributed by atoms with Gasteiger partial charge in [-0.3, -0.25) is 14.7 Å². The fourth-order valence-electron chi connectivity index (χ4n) is 2.99. The summed E-state index contributed by atoms with van der Waals surface area (Å²) >= 11 is 0. The zero-order valence-corrected chi connectivity index (χ0v) is 15.2. The van der Waals surface area contributed by atoms with Crippen molar-refractivity contribution in [2.45, 2.75) is 58.1 Å².